The molecule has 0 aliphatic carbocycles. The van der Waals surface area contributed by atoms with Crippen LogP contribution in [-0.2, 0) is 21.2 Å². The van der Waals surface area contributed by atoms with Gasteiger partial charge >= 0.3 is 6.29 Å². The lowest BCUT2D eigenvalue weighted by Crippen LogP contribution is -2.25. The number of rotatable bonds is 3. The van der Waals surface area contributed by atoms with Crippen LogP contribution >= 0.6 is 0 Å². The van der Waals surface area contributed by atoms with Crippen molar-refractivity contribution in [3.05, 3.63) is 42.0 Å². The fourth-order valence-electron chi connectivity index (χ4n) is 2.60. The first kappa shape index (κ1) is 15.6. The highest BCUT2D eigenvalue weighted by molar-refractivity contribution is 7.92. The largest absolute Gasteiger partial charge is 0.586 e. The van der Waals surface area contributed by atoms with Crippen LogP contribution in [0.2, 0.25) is 0 Å². The van der Waals surface area contributed by atoms with Crippen LogP contribution in [-0.4, -0.2) is 20.6 Å². The van der Waals surface area contributed by atoms with Crippen molar-refractivity contribution in [3.8, 4) is 11.5 Å². The van der Waals surface area contributed by atoms with Crippen LogP contribution in [0.15, 0.2) is 41.3 Å². The zero-order chi connectivity index (χ0) is 17.8. The van der Waals surface area contributed by atoms with E-state index in [-0.39, 0.29) is 34.4 Å². The normalized spacial score (nSPS) is 17.1. The van der Waals surface area contributed by atoms with Gasteiger partial charge in [0.25, 0.3) is 10.0 Å². The molecule has 2 N–H and O–H groups in total. The van der Waals surface area contributed by atoms with Crippen molar-refractivity contribution >= 4 is 27.3 Å². The summed E-state index contributed by atoms with van der Waals surface area (Å²) in [6.45, 7) is 0. The summed E-state index contributed by atoms with van der Waals surface area (Å²) in [5.41, 5.74) is 1.17. The monoisotopic (exact) mass is 368 g/mol. The van der Waals surface area contributed by atoms with E-state index in [1.807, 2.05) is 0 Å². The number of sulfonamides is 1. The maximum Gasteiger partial charge on any atom is 0.586 e. The number of nitrogens with one attached hydrogen (secondary N) is 2. The number of carbonyl (C=O) groups is 1. The summed E-state index contributed by atoms with van der Waals surface area (Å²) < 4.78 is 61.8. The SMILES string of the molecule is O=C1Cc2cc(S(=O)(=O)Nc3ccc4c(c3)OC(F)(F)O4)ccc2N1. The van der Waals surface area contributed by atoms with Crippen molar-refractivity contribution in [2.45, 2.75) is 17.6 Å². The van der Waals surface area contributed by atoms with Gasteiger partial charge in [-0.15, -0.1) is 8.78 Å². The number of fused-ring (bicyclic) bond motifs is 2. The second-order valence-corrected chi connectivity index (χ2v) is 7.16. The minimum atomic E-state index is -3.97. The molecule has 0 saturated carbocycles. The molecule has 4 rings (SSSR count). The van der Waals surface area contributed by atoms with Gasteiger partial charge < -0.3 is 14.8 Å². The lowest BCUT2D eigenvalue weighted by Gasteiger charge is -2.09. The van der Waals surface area contributed by atoms with Gasteiger partial charge in [0, 0.05) is 11.8 Å². The molecule has 2 aromatic carbocycles. The maximum atomic E-state index is 13.0. The van der Waals surface area contributed by atoms with Gasteiger partial charge in [0.05, 0.1) is 17.0 Å². The maximum absolute atomic E-state index is 13.0. The van der Waals surface area contributed by atoms with Crippen molar-refractivity contribution in [1.82, 2.24) is 0 Å². The van der Waals surface area contributed by atoms with Crippen LogP contribution in [0.1, 0.15) is 5.56 Å². The second kappa shape index (κ2) is 5.06. The van der Waals surface area contributed by atoms with Crippen molar-refractivity contribution in [1.29, 1.82) is 0 Å². The molecule has 1 amide bonds. The molecule has 25 heavy (non-hydrogen) atoms. The topological polar surface area (TPSA) is 93.7 Å². The van der Waals surface area contributed by atoms with E-state index in [0.29, 0.717) is 11.3 Å². The first-order valence-electron chi connectivity index (χ1n) is 7.07. The first-order valence-corrected chi connectivity index (χ1v) is 8.56. The number of benzene rings is 2. The lowest BCUT2D eigenvalue weighted by atomic mass is 10.2. The fraction of sp³-hybridized carbons (Fsp3) is 0.133. The van der Waals surface area contributed by atoms with Gasteiger partial charge in [0.2, 0.25) is 5.91 Å². The highest BCUT2D eigenvalue weighted by atomic mass is 32.2. The zero-order valence-electron chi connectivity index (χ0n) is 12.4. The Hall–Kier alpha value is -2.88. The summed E-state index contributed by atoms with van der Waals surface area (Å²) in [5.74, 6) is -0.668. The van der Waals surface area contributed by atoms with Crippen LogP contribution in [0.25, 0.3) is 0 Å². The van der Waals surface area contributed by atoms with E-state index in [1.54, 1.807) is 0 Å². The van der Waals surface area contributed by atoms with Gasteiger partial charge in [-0.1, -0.05) is 0 Å². The van der Waals surface area contributed by atoms with Gasteiger partial charge in [-0.25, -0.2) is 8.42 Å². The predicted molar refractivity (Wildman–Crippen MR) is 82.2 cm³/mol. The molecule has 0 aromatic heterocycles. The lowest BCUT2D eigenvalue weighted by molar-refractivity contribution is -0.286. The summed E-state index contributed by atoms with van der Waals surface area (Å²) in [6, 6.07) is 7.78. The first-order chi connectivity index (χ1) is 11.7. The van der Waals surface area contributed by atoms with Crippen molar-refractivity contribution < 1.29 is 31.5 Å². The Morgan fingerprint density at radius 1 is 1.08 bits per heavy atom. The van der Waals surface area contributed by atoms with Gasteiger partial charge in [-0.3, -0.25) is 9.52 Å². The fourth-order valence-corrected chi connectivity index (χ4v) is 3.70. The van der Waals surface area contributed by atoms with Crippen LogP contribution in [0, 0.1) is 0 Å². The molecule has 0 bridgehead atoms. The molecule has 2 aromatic rings. The van der Waals surface area contributed by atoms with E-state index in [0.717, 1.165) is 6.07 Å². The minimum absolute atomic E-state index is 0.0368. The number of anilines is 2. The molecule has 2 aliphatic heterocycles. The Morgan fingerprint density at radius 2 is 1.84 bits per heavy atom. The van der Waals surface area contributed by atoms with Gasteiger partial charge in [-0.2, -0.15) is 0 Å². The quantitative estimate of drug-likeness (QED) is 0.867. The average molecular weight is 368 g/mol. The highest BCUT2D eigenvalue weighted by Gasteiger charge is 2.43. The molecular weight excluding hydrogens is 358 g/mol. The van der Waals surface area contributed by atoms with E-state index in [2.05, 4.69) is 19.5 Å². The van der Waals surface area contributed by atoms with E-state index in [4.69, 9.17) is 0 Å². The molecule has 0 unspecified atom stereocenters. The average Bonchev–Trinajstić information content (AvgIpc) is 3.02. The molecule has 0 atom stereocenters. The van der Waals surface area contributed by atoms with E-state index in [9.17, 15) is 22.0 Å². The summed E-state index contributed by atoms with van der Waals surface area (Å²) in [7, 11) is -3.97. The van der Waals surface area contributed by atoms with Gasteiger partial charge in [0.15, 0.2) is 11.5 Å². The minimum Gasteiger partial charge on any atom is -0.395 e. The van der Waals surface area contributed by atoms with E-state index < -0.39 is 16.3 Å². The summed E-state index contributed by atoms with van der Waals surface area (Å²) in [4.78, 5) is 11.3. The molecule has 0 radical (unpaired) electrons. The number of alkyl halides is 2. The van der Waals surface area contributed by atoms with Crippen molar-refractivity contribution in [3.63, 3.8) is 0 Å². The Morgan fingerprint density at radius 3 is 2.64 bits per heavy atom. The van der Waals surface area contributed by atoms with Crippen LogP contribution in [0.4, 0.5) is 20.2 Å². The standard InChI is InChI=1S/C15H10F2N2O5S/c16-15(17)23-12-4-1-9(7-13(12)24-15)19-25(21,22)10-2-3-11-8(5-10)6-14(20)18-11/h1-5,7,19H,6H2,(H,18,20). The predicted octanol–water partition coefficient (Wildman–Crippen LogP) is 2.30. The van der Waals surface area contributed by atoms with E-state index in [1.165, 1.54) is 30.3 Å². The highest BCUT2D eigenvalue weighted by Crippen LogP contribution is 2.42. The van der Waals surface area contributed by atoms with E-state index >= 15 is 0 Å². The number of ether oxygens (including phenoxy) is 2. The number of carbonyl (C=O) groups excluding carboxylic acids is 1. The zero-order valence-corrected chi connectivity index (χ0v) is 13.2. The summed E-state index contributed by atoms with van der Waals surface area (Å²) >= 11 is 0. The van der Waals surface area contributed by atoms with Crippen LogP contribution in [0.3, 0.4) is 0 Å². The Kier molecular flexibility index (Phi) is 3.16. The summed E-state index contributed by atoms with van der Waals surface area (Å²) in [6.07, 6.45) is -3.68. The molecular formula is C15H10F2N2O5S. The second-order valence-electron chi connectivity index (χ2n) is 5.48. The number of hydrogen-bond donors (Lipinski definition) is 2. The smallest absolute Gasteiger partial charge is 0.395 e. The molecule has 10 heteroatoms. The molecule has 2 heterocycles. The van der Waals surface area contributed by atoms with Gasteiger partial charge in [-0.05, 0) is 35.9 Å². The number of hydrogen-bond acceptors (Lipinski definition) is 5. The van der Waals surface area contributed by atoms with Gasteiger partial charge in [0.1, 0.15) is 0 Å². The van der Waals surface area contributed by atoms with Crippen LogP contribution < -0.4 is 19.5 Å². The molecule has 0 fully saturated rings. The molecule has 2 aliphatic rings. The Labute approximate surface area is 140 Å². The molecule has 7 nitrogen and oxygen atoms in total. The van der Waals surface area contributed by atoms with Crippen molar-refractivity contribution in [2.24, 2.45) is 0 Å². The van der Waals surface area contributed by atoms with Crippen molar-refractivity contribution in [2.75, 3.05) is 10.0 Å². The molecule has 130 valence electrons. The molecule has 0 spiro atoms. The third-order valence-electron chi connectivity index (χ3n) is 3.67. The third kappa shape index (κ3) is 2.84. The Balaban J connectivity index is 1.61. The van der Waals surface area contributed by atoms with Crippen LogP contribution in [0.5, 0.6) is 11.5 Å². The summed E-state index contributed by atoms with van der Waals surface area (Å²) in [5, 5.41) is 2.61. The molecule has 0 saturated heterocycles. The number of amides is 1. The Bertz CT molecular complexity index is 1010. The number of halogens is 2. The third-order valence-corrected chi connectivity index (χ3v) is 5.04.